The predicted molar refractivity (Wildman–Crippen MR) is 53.3 cm³/mol. The number of hydrogen-bond donors (Lipinski definition) is 0. The summed E-state index contributed by atoms with van der Waals surface area (Å²) in [5, 5.41) is 0. The smallest absolute Gasteiger partial charge is 0.137 e. The maximum atomic E-state index is 5.46. The highest BCUT2D eigenvalue weighted by atomic mass is 16.5. The van der Waals surface area contributed by atoms with Crippen molar-refractivity contribution < 1.29 is 4.74 Å². The van der Waals surface area contributed by atoms with E-state index in [9.17, 15) is 0 Å². The Balaban J connectivity index is 2.38. The molecule has 3 rings (SSSR count). The lowest BCUT2D eigenvalue weighted by atomic mass is 10.2. The zero-order valence-corrected chi connectivity index (χ0v) is 8.16. The second-order valence-corrected chi connectivity index (χ2v) is 3.67. The highest BCUT2D eigenvalue weighted by Gasteiger charge is 2.16. The van der Waals surface area contributed by atoms with Crippen molar-refractivity contribution >= 4 is 5.65 Å². The summed E-state index contributed by atoms with van der Waals surface area (Å²) >= 11 is 0. The van der Waals surface area contributed by atoms with Gasteiger partial charge in [-0.05, 0) is 19.1 Å². The first-order valence-corrected chi connectivity index (χ1v) is 4.90. The second-order valence-electron chi connectivity index (χ2n) is 3.67. The first-order chi connectivity index (χ1) is 6.86. The molecule has 0 spiro atoms. The monoisotopic (exact) mass is 188 g/mol. The standard InChI is InChI=1S/C11H12N2O/c1-8-3-2-4-11-12-9-5-6-14-7-10(9)13(8)11/h2-4H,5-7H2,1H3. The SMILES string of the molecule is Cc1cccc2nc3c(n12)COCC3. The summed E-state index contributed by atoms with van der Waals surface area (Å²) in [5.74, 6) is 0. The average molecular weight is 188 g/mol. The van der Waals surface area contributed by atoms with Crippen molar-refractivity contribution in [1.29, 1.82) is 0 Å². The minimum atomic E-state index is 0.696. The molecule has 0 aliphatic carbocycles. The van der Waals surface area contributed by atoms with Crippen molar-refractivity contribution in [2.45, 2.75) is 20.0 Å². The van der Waals surface area contributed by atoms with Crippen LogP contribution in [0.3, 0.4) is 0 Å². The van der Waals surface area contributed by atoms with Crippen LogP contribution in [0.4, 0.5) is 0 Å². The topological polar surface area (TPSA) is 26.5 Å². The summed E-state index contributed by atoms with van der Waals surface area (Å²) < 4.78 is 7.65. The first-order valence-electron chi connectivity index (χ1n) is 4.90. The van der Waals surface area contributed by atoms with Crippen LogP contribution in [0.5, 0.6) is 0 Å². The van der Waals surface area contributed by atoms with Crippen LogP contribution in [0.15, 0.2) is 18.2 Å². The third kappa shape index (κ3) is 0.990. The van der Waals surface area contributed by atoms with E-state index in [1.807, 2.05) is 12.1 Å². The molecule has 0 unspecified atom stereocenters. The van der Waals surface area contributed by atoms with Crippen LogP contribution >= 0.6 is 0 Å². The summed E-state index contributed by atoms with van der Waals surface area (Å²) in [6, 6.07) is 6.19. The van der Waals surface area contributed by atoms with Crippen molar-refractivity contribution in [3.05, 3.63) is 35.3 Å². The molecule has 2 aromatic rings. The van der Waals surface area contributed by atoms with E-state index in [-0.39, 0.29) is 0 Å². The molecule has 0 saturated carbocycles. The molecule has 0 atom stereocenters. The van der Waals surface area contributed by atoms with E-state index < -0.39 is 0 Å². The Hall–Kier alpha value is -1.35. The van der Waals surface area contributed by atoms with Crippen LogP contribution in [0.1, 0.15) is 17.1 Å². The molecular formula is C11H12N2O. The minimum Gasteiger partial charge on any atom is -0.375 e. The molecule has 0 bridgehead atoms. The quantitative estimate of drug-likeness (QED) is 0.629. The normalized spacial score (nSPS) is 15.8. The maximum Gasteiger partial charge on any atom is 0.137 e. The Morgan fingerprint density at radius 2 is 2.36 bits per heavy atom. The summed E-state index contributed by atoms with van der Waals surface area (Å²) in [6.45, 7) is 3.60. The fourth-order valence-electron chi connectivity index (χ4n) is 2.06. The molecule has 14 heavy (non-hydrogen) atoms. The number of hydrogen-bond acceptors (Lipinski definition) is 2. The fourth-order valence-corrected chi connectivity index (χ4v) is 2.06. The zero-order chi connectivity index (χ0) is 9.54. The number of nitrogens with zero attached hydrogens (tertiary/aromatic N) is 2. The Labute approximate surface area is 82.3 Å². The van der Waals surface area contributed by atoms with Gasteiger partial charge in [0.25, 0.3) is 0 Å². The average Bonchev–Trinajstić information content (AvgIpc) is 2.57. The Kier molecular flexibility index (Phi) is 1.61. The van der Waals surface area contributed by atoms with Crippen molar-refractivity contribution in [1.82, 2.24) is 9.38 Å². The molecule has 0 aromatic carbocycles. The molecule has 0 saturated heterocycles. The third-order valence-electron chi connectivity index (χ3n) is 2.74. The van der Waals surface area contributed by atoms with Crippen LogP contribution in [-0.4, -0.2) is 16.0 Å². The third-order valence-corrected chi connectivity index (χ3v) is 2.74. The van der Waals surface area contributed by atoms with E-state index in [0.717, 1.165) is 18.7 Å². The lowest BCUT2D eigenvalue weighted by molar-refractivity contribution is 0.106. The number of rotatable bonds is 0. The highest BCUT2D eigenvalue weighted by molar-refractivity contribution is 5.45. The lowest BCUT2D eigenvalue weighted by Gasteiger charge is -2.12. The van der Waals surface area contributed by atoms with Crippen molar-refractivity contribution in [3.63, 3.8) is 0 Å². The summed E-state index contributed by atoms with van der Waals surface area (Å²) in [6.07, 6.45) is 0.941. The van der Waals surface area contributed by atoms with E-state index in [2.05, 4.69) is 22.4 Å². The summed E-state index contributed by atoms with van der Waals surface area (Å²) in [7, 11) is 0. The zero-order valence-electron chi connectivity index (χ0n) is 8.16. The Morgan fingerprint density at radius 3 is 3.29 bits per heavy atom. The van der Waals surface area contributed by atoms with E-state index in [0.29, 0.717) is 6.61 Å². The lowest BCUT2D eigenvalue weighted by Crippen LogP contribution is -2.11. The minimum absolute atomic E-state index is 0.696. The van der Waals surface area contributed by atoms with Gasteiger partial charge in [0.05, 0.1) is 24.6 Å². The van der Waals surface area contributed by atoms with Gasteiger partial charge >= 0.3 is 0 Å². The van der Waals surface area contributed by atoms with Gasteiger partial charge in [-0.2, -0.15) is 0 Å². The van der Waals surface area contributed by atoms with Crippen molar-refractivity contribution in [2.24, 2.45) is 0 Å². The van der Waals surface area contributed by atoms with E-state index in [1.165, 1.54) is 17.1 Å². The van der Waals surface area contributed by atoms with Gasteiger partial charge in [-0.1, -0.05) is 6.07 Å². The molecule has 0 radical (unpaired) electrons. The van der Waals surface area contributed by atoms with Crippen molar-refractivity contribution in [3.8, 4) is 0 Å². The van der Waals surface area contributed by atoms with Crippen molar-refractivity contribution in [2.75, 3.05) is 6.61 Å². The molecule has 1 aliphatic rings. The van der Waals surface area contributed by atoms with Gasteiger partial charge in [0.1, 0.15) is 5.65 Å². The van der Waals surface area contributed by atoms with E-state index in [4.69, 9.17) is 4.74 Å². The molecule has 1 aliphatic heterocycles. The van der Waals surface area contributed by atoms with Gasteiger partial charge in [-0.3, -0.25) is 4.40 Å². The molecule has 72 valence electrons. The molecule has 0 fully saturated rings. The Bertz CT molecular complexity index is 487. The van der Waals surface area contributed by atoms with Gasteiger partial charge in [-0.25, -0.2) is 4.98 Å². The molecule has 3 heterocycles. The van der Waals surface area contributed by atoms with Crippen LogP contribution in [0.25, 0.3) is 5.65 Å². The van der Waals surface area contributed by atoms with Gasteiger partial charge in [0, 0.05) is 12.1 Å². The number of aryl methyl sites for hydroxylation is 1. The molecular weight excluding hydrogens is 176 g/mol. The van der Waals surface area contributed by atoms with E-state index >= 15 is 0 Å². The van der Waals surface area contributed by atoms with Crippen LogP contribution in [-0.2, 0) is 17.8 Å². The van der Waals surface area contributed by atoms with Gasteiger partial charge in [-0.15, -0.1) is 0 Å². The number of ether oxygens (including phenoxy) is 1. The predicted octanol–water partition coefficient (Wildman–Crippen LogP) is 1.72. The van der Waals surface area contributed by atoms with Crippen LogP contribution in [0.2, 0.25) is 0 Å². The first kappa shape index (κ1) is 8.00. The Morgan fingerprint density at radius 1 is 1.43 bits per heavy atom. The molecule has 3 nitrogen and oxygen atoms in total. The fraction of sp³-hybridized carbons (Fsp3) is 0.364. The largest absolute Gasteiger partial charge is 0.375 e. The van der Waals surface area contributed by atoms with Gasteiger partial charge in [0.2, 0.25) is 0 Å². The molecule has 3 heteroatoms. The second kappa shape index (κ2) is 2.82. The number of pyridine rings is 1. The number of imidazole rings is 1. The van der Waals surface area contributed by atoms with Gasteiger partial charge in [0.15, 0.2) is 0 Å². The highest BCUT2D eigenvalue weighted by Crippen LogP contribution is 2.19. The van der Waals surface area contributed by atoms with Crippen LogP contribution in [0, 0.1) is 6.92 Å². The van der Waals surface area contributed by atoms with Gasteiger partial charge < -0.3 is 4.74 Å². The van der Waals surface area contributed by atoms with Crippen LogP contribution < -0.4 is 0 Å². The number of fused-ring (bicyclic) bond motifs is 3. The number of aromatic nitrogens is 2. The molecule has 0 N–H and O–H groups in total. The summed E-state index contributed by atoms with van der Waals surface area (Å²) in [4.78, 5) is 4.60. The molecule has 2 aromatic heterocycles. The van der Waals surface area contributed by atoms with E-state index in [1.54, 1.807) is 0 Å². The summed E-state index contributed by atoms with van der Waals surface area (Å²) in [5.41, 5.74) is 4.69. The maximum absolute atomic E-state index is 5.46. The molecule has 0 amide bonds.